The summed E-state index contributed by atoms with van der Waals surface area (Å²) in [6, 6.07) is 5.53. The fourth-order valence-electron chi connectivity index (χ4n) is 2.08. The van der Waals surface area contributed by atoms with Crippen molar-refractivity contribution in [3.05, 3.63) is 59.4 Å². The summed E-state index contributed by atoms with van der Waals surface area (Å²) in [5.41, 5.74) is 1.63. The second-order valence-corrected chi connectivity index (χ2v) is 6.00. The van der Waals surface area contributed by atoms with E-state index >= 15 is 0 Å². The minimum absolute atomic E-state index is 0.0809. The standard InChI is InChI=1S/C16H15N5OS/c1-11-14(23-15(20-11)12-5-3-6-17-9-12)16(22)21(2)10-13-18-7-4-8-19-13/h3-9H,10H2,1-2H3. The number of amides is 1. The minimum atomic E-state index is -0.0809. The molecule has 23 heavy (non-hydrogen) atoms. The molecule has 7 heteroatoms. The van der Waals surface area contributed by atoms with E-state index in [0.717, 1.165) is 16.3 Å². The van der Waals surface area contributed by atoms with E-state index in [-0.39, 0.29) is 5.91 Å². The molecule has 0 aliphatic heterocycles. The van der Waals surface area contributed by atoms with E-state index in [1.807, 2.05) is 19.1 Å². The Kier molecular flexibility index (Phi) is 4.38. The van der Waals surface area contributed by atoms with Gasteiger partial charge in [0, 0.05) is 37.4 Å². The Bertz CT molecular complexity index is 804. The fraction of sp³-hybridized carbons (Fsp3) is 0.188. The lowest BCUT2D eigenvalue weighted by Crippen LogP contribution is -2.26. The van der Waals surface area contributed by atoms with Crippen LogP contribution in [0.15, 0.2) is 43.0 Å². The van der Waals surface area contributed by atoms with Crippen LogP contribution in [0.1, 0.15) is 21.2 Å². The van der Waals surface area contributed by atoms with Crippen LogP contribution in [0, 0.1) is 6.92 Å². The maximum atomic E-state index is 12.6. The number of nitrogens with zero attached hydrogens (tertiary/aromatic N) is 5. The van der Waals surface area contributed by atoms with Crippen LogP contribution in [0.25, 0.3) is 10.6 Å². The monoisotopic (exact) mass is 325 g/mol. The van der Waals surface area contributed by atoms with Gasteiger partial charge in [0.15, 0.2) is 0 Å². The maximum Gasteiger partial charge on any atom is 0.266 e. The highest BCUT2D eigenvalue weighted by atomic mass is 32.1. The molecule has 6 nitrogen and oxygen atoms in total. The first-order valence-electron chi connectivity index (χ1n) is 7.04. The molecule has 0 N–H and O–H groups in total. The van der Waals surface area contributed by atoms with Crippen LogP contribution in [0.4, 0.5) is 0 Å². The van der Waals surface area contributed by atoms with Crippen molar-refractivity contribution in [3.8, 4) is 10.6 Å². The molecule has 0 aliphatic rings. The molecule has 0 aliphatic carbocycles. The van der Waals surface area contributed by atoms with Gasteiger partial charge in [0.25, 0.3) is 5.91 Å². The Balaban J connectivity index is 1.81. The van der Waals surface area contributed by atoms with Gasteiger partial charge in [0.05, 0.1) is 12.2 Å². The van der Waals surface area contributed by atoms with E-state index in [1.165, 1.54) is 11.3 Å². The van der Waals surface area contributed by atoms with Crippen LogP contribution in [-0.2, 0) is 6.54 Å². The zero-order valence-electron chi connectivity index (χ0n) is 12.8. The highest BCUT2D eigenvalue weighted by Crippen LogP contribution is 2.28. The van der Waals surface area contributed by atoms with Gasteiger partial charge in [-0.05, 0) is 25.1 Å². The lowest BCUT2D eigenvalue weighted by atomic mass is 10.3. The number of carbonyl (C=O) groups is 1. The van der Waals surface area contributed by atoms with Gasteiger partial charge in [-0.25, -0.2) is 15.0 Å². The van der Waals surface area contributed by atoms with Crippen molar-refractivity contribution in [2.45, 2.75) is 13.5 Å². The molecule has 0 aromatic carbocycles. The highest BCUT2D eigenvalue weighted by molar-refractivity contribution is 7.17. The van der Waals surface area contributed by atoms with Crippen molar-refractivity contribution < 1.29 is 4.79 Å². The third kappa shape index (κ3) is 3.40. The van der Waals surface area contributed by atoms with E-state index in [0.29, 0.717) is 17.2 Å². The van der Waals surface area contributed by atoms with Gasteiger partial charge in [0.1, 0.15) is 15.7 Å². The number of thiazole rings is 1. The fourth-order valence-corrected chi connectivity index (χ4v) is 3.13. The van der Waals surface area contributed by atoms with Gasteiger partial charge >= 0.3 is 0 Å². The van der Waals surface area contributed by atoms with Gasteiger partial charge in [-0.15, -0.1) is 11.3 Å². The van der Waals surface area contributed by atoms with Crippen LogP contribution >= 0.6 is 11.3 Å². The molecule has 0 bridgehead atoms. The summed E-state index contributed by atoms with van der Waals surface area (Å²) in [4.78, 5) is 31.7. The smallest absolute Gasteiger partial charge is 0.266 e. The first-order valence-corrected chi connectivity index (χ1v) is 7.86. The summed E-state index contributed by atoms with van der Waals surface area (Å²) < 4.78 is 0. The molecule has 3 heterocycles. The third-order valence-electron chi connectivity index (χ3n) is 3.24. The molecular weight excluding hydrogens is 310 g/mol. The molecule has 3 rings (SSSR count). The predicted octanol–water partition coefficient (Wildman–Crippen LogP) is 2.58. The van der Waals surface area contributed by atoms with Gasteiger partial charge < -0.3 is 4.90 Å². The number of hydrogen-bond acceptors (Lipinski definition) is 6. The van der Waals surface area contributed by atoms with Gasteiger partial charge in [-0.3, -0.25) is 9.78 Å². The van der Waals surface area contributed by atoms with Crippen LogP contribution in [0.5, 0.6) is 0 Å². The molecule has 1 amide bonds. The molecule has 0 saturated heterocycles. The van der Waals surface area contributed by atoms with Crippen molar-refractivity contribution in [2.24, 2.45) is 0 Å². The van der Waals surface area contributed by atoms with Crippen molar-refractivity contribution >= 4 is 17.2 Å². The molecular formula is C16H15N5OS. The molecule has 0 spiro atoms. The summed E-state index contributed by atoms with van der Waals surface area (Å²) in [5, 5.41) is 0.795. The van der Waals surface area contributed by atoms with Crippen LogP contribution in [-0.4, -0.2) is 37.8 Å². The topological polar surface area (TPSA) is 71.9 Å². The second-order valence-electron chi connectivity index (χ2n) is 5.00. The molecule has 116 valence electrons. The van der Waals surface area contributed by atoms with Gasteiger partial charge in [0.2, 0.25) is 0 Å². The summed E-state index contributed by atoms with van der Waals surface area (Å²) in [7, 11) is 1.74. The molecule has 3 aromatic rings. The largest absolute Gasteiger partial charge is 0.333 e. The highest BCUT2D eigenvalue weighted by Gasteiger charge is 2.20. The van der Waals surface area contributed by atoms with Crippen LogP contribution < -0.4 is 0 Å². The van der Waals surface area contributed by atoms with Crippen molar-refractivity contribution in [1.82, 2.24) is 24.8 Å². The van der Waals surface area contributed by atoms with E-state index in [9.17, 15) is 4.79 Å². The number of hydrogen-bond donors (Lipinski definition) is 0. The molecule has 3 aromatic heterocycles. The zero-order valence-corrected chi connectivity index (χ0v) is 13.6. The Morgan fingerprint density at radius 3 is 2.70 bits per heavy atom. The third-order valence-corrected chi connectivity index (χ3v) is 4.44. The average Bonchev–Trinajstić information content (AvgIpc) is 2.97. The molecule has 0 atom stereocenters. The first-order chi connectivity index (χ1) is 11.1. The number of pyridine rings is 1. The SMILES string of the molecule is Cc1nc(-c2cccnc2)sc1C(=O)N(C)Cc1ncccn1. The molecule has 0 radical (unpaired) electrons. The van der Waals surface area contributed by atoms with Gasteiger partial charge in [-0.1, -0.05) is 0 Å². The summed E-state index contributed by atoms with van der Waals surface area (Å²) in [5.74, 6) is 0.528. The Labute approximate surface area is 137 Å². The van der Waals surface area contributed by atoms with Gasteiger partial charge in [-0.2, -0.15) is 0 Å². The summed E-state index contributed by atoms with van der Waals surface area (Å²) in [6.45, 7) is 2.20. The summed E-state index contributed by atoms with van der Waals surface area (Å²) >= 11 is 1.38. The quantitative estimate of drug-likeness (QED) is 0.737. The average molecular weight is 325 g/mol. The molecule has 0 saturated carbocycles. The number of aromatic nitrogens is 4. The second kappa shape index (κ2) is 6.62. The Hall–Kier alpha value is -2.67. The lowest BCUT2D eigenvalue weighted by molar-refractivity contribution is 0.0785. The minimum Gasteiger partial charge on any atom is -0.333 e. The predicted molar refractivity (Wildman–Crippen MR) is 87.9 cm³/mol. The normalized spacial score (nSPS) is 10.5. The van der Waals surface area contributed by atoms with Crippen molar-refractivity contribution in [1.29, 1.82) is 0 Å². The zero-order chi connectivity index (χ0) is 16.2. The number of aryl methyl sites for hydroxylation is 1. The van der Waals surface area contributed by atoms with E-state index in [4.69, 9.17) is 0 Å². The lowest BCUT2D eigenvalue weighted by Gasteiger charge is -2.15. The van der Waals surface area contributed by atoms with E-state index in [1.54, 1.807) is 42.8 Å². The molecule has 0 fully saturated rings. The van der Waals surface area contributed by atoms with E-state index in [2.05, 4.69) is 19.9 Å². The maximum absolute atomic E-state index is 12.6. The van der Waals surface area contributed by atoms with Crippen molar-refractivity contribution in [3.63, 3.8) is 0 Å². The molecule has 0 unspecified atom stereocenters. The Morgan fingerprint density at radius 1 is 1.22 bits per heavy atom. The van der Waals surface area contributed by atoms with E-state index < -0.39 is 0 Å². The van der Waals surface area contributed by atoms with Crippen LogP contribution in [0.3, 0.4) is 0 Å². The van der Waals surface area contributed by atoms with Crippen LogP contribution in [0.2, 0.25) is 0 Å². The Morgan fingerprint density at radius 2 is 2.00 bits per heavy atom. The number of rotatable bonds is 4. The van der Waals surface area contributed by atoms with Crippen molar-refractivity contribution in [2.75, 3.05) is 7.05 Å². The first kappa shape index (κ1) is 15.2. The number of carbonyl (C=O) groups excluding carboxylic acids is 1. The summed E-state index contributed by atoms with van der Waals surface area (Å²) in [6.07, 6.45) is 6.79.